The van der Waals surface area contributed by atoms with Crippen LogP contribution in [0.15, 0.2) is 12.1 Å². The van der Waals surface area contributed by atoms with Gasteiger partial charge >= 0.3 is 5.97 Å². The first-order valence-corrected chi connectivity index (χ1v) is 5.40. The van der Waals surface area contributed by atoms with Crippen LogP contribution in [0, 0.1) is 19.8 Å². The number of aryl methyl sites for hydroxylation is 2. The number of methoxy groups -OCH3 is 1. The summed E-state index contributed by atoms with van der Waals surface area (Å²) in [6.07, 6.45) is 0. The molecule has 1 aromatic rings. The smallest absolute Gasteiger partial charge is 0.320 e. The summed E-state index contributed by atoms with van der Waals surface area (Å²) in [7, 11) is 1.27. The maximum Gasteiger partial charge on any atom is 0.320 e. The zero-order valence-electron chi connectivity index (χ0n) is 10.1. The predicted molar refractivity (Wildman–Crippen MR) is 61.2 cm³/mol. The second kappa shape index (κ2) is 4.20. The van der Waals surface area contributed by atoms with Crippen molar-refractivity contribution in [3.63, 3.8) is 0 Å². The largest absolute Gasteiger partial charge is 0.491 e. The molecule has 90 valence electrons. The minimum Gasteiger partial charge on any atom is -0.491 e. The summed E-state index contributed by atoms with van der Waals surface area (Å²) in [6, 6.07) is 3.72. The number of benzene rings is 1. The zero-order valence-corrected chi connectivity index (χ0v) is 10.1. The molecule has 1 atom stereocenters. The Morgan fingerprint density at radius 3 is 2.76 bits per heavy atom. The van der Waals surface area contributed by atoms with Crippen molar-refractivity contribution in [1.29, 1.82) is 0 Å². The van der Waals surface area contributed by atoms with Crippen molar-refractivity contribution in [2.45, 2.75) is 13.8 Å². The van der Waals surface area contributed by atoms with E-state index in [2.05, 4.69) is 4.74 Å². The van der Waals surface area contributed by atoms with Gasteiger partial charge in [-0.3, -0.25) is 9.59 Å². The highest BCUT2D eigenvalue weighted by Gasteiger charge is 2.36. The van der Waals surface area contributed by atoms with Gasteiger partial charge in [-0.15, -0.1) is 0 Å². The van der Waals surface area contributed by atoms with Gasteiger partial charge in [0, 0.05) is 0 Å². The first kappa shape index (κ1) is 11.6. The molecule has 0 bridgehead atoms. The molecule has 0 spiro atoms. The zero-order chi connectivity index (χ0) is 12.6. The SMILES string of the molecule is COC(=O)C1COc2cc(C)cc(C)c2C1=O. The highest BCUT2D eigenvalue weighted by Crippen LogP contribution is 2.31. The number of fused-ring (bicyclic) bond motifs is 1. The van der Waals surface area contributed by atoms with Gasteiger partial charge in [-0.05, 0) is 31.0 Å². The Labute approximate surface area is 99.5 Å². The Balaban J connectivity index is 2.45. The van der Waals surface area contributed by atoms with E-state index in [1.807, 2.05) is 26.0 Å². The van der Waals surface area contributed by atoms with Crippen molar-refractivity contribution in [3.8, 4) is 5.75 Å². The van der Waals surface area contributed by atoms with E-state index in [0.29, 0.717) is 11.3 Å². The van der Waals surface area contributed by atoms with Crippen LogP contribution in [0.5, 0.6) is 5.75 Å². The lowest BCUT2D eigenvalue weighted by molar-refractivity contribution is -0.144. The number of esters is 1. The van der Waals surface area contributed by atoms with Crippen LogP contribution in [0.25, 0.3) is 0 Å². The minimum absolute atomic E-state index is 0.0569. The Morgan fingerprint density at radius 1 is 1.41 bits per heavy atom. The van der Waals surface area contributed by atoms with Crippen molar-refractivity contribution in [1.82, 2.24) is 0 Å². The van der Waals surface area contributed by atoms with Crippen molar-refractivity contribution >= 4 is 11.8 Å². The molecule has 0 N–H and O–H groups in total. The summed E-state index contributed by atoms with van der Waals surface area (Å²) in [5.74, 6) is -1.03. The van der Waals surface area contributed by atoms with Crippen LogP contribution in [-0.4, -0.2) is 25.5 Å². The van der Waals surface area contributed by atoms with Crippen LogP contribution in [0.4, 0.5) is 0 Å². The molecule has 0 saturated heterocycles. The Morgan fingerprint density at radius 2 is 2.12 bits per heavy atom. The third-order valence-electron chi connectivity index (χ3n) is 2.90. The molecule has 0 saturated carbocycles. The summed E-state index contributed by atoms with van der Waals surface area (Å²) >= 11 is 0. The number of ketones is 1. The summed E-state index contributed by atoms with van der Waals surface area (Å²) < 4.78 is 10.1. The molecule has 4 nitrogen and oxygen atoms in total. The second-order valence-electron chi connectivity index (χ2n) is 4.21. The van der Waals surface area contributed by atoms with Crippen LogP contribution in [0.1, 0.15) is 21.5 Å². The van der Waals surface area contributed by atoms with Gasteiger partial charge in [-0.25, -0.2) is 0 Å². The topological polar surface area (TPSA) is 52.6 Å². The van der Waals surface area contributed by atoms with E-state index in [9.17, 15) is 9.59 Å². The van der Waals surface area contributed by atoms with Crippen LogP contribution in [0.3, 0.4) is 0 Å². The van der Waals surface area contributed by atoms with Crippen LogP contribution >= 0.6 is 0 Å². The summed E-state index contributed by atoms with van der Waals surface area (Å²) in [5.41, 5.74) is 2.36. The molecule has 1 aromatic carbocycles. The summed E-state index contributed by atoms with van der Waals surface area (Å²) in [5, 5.41) is 0. The van der Waals surface area contributed by atoms with Gasteiger partial charge < -0.3 is 9.47 Å². The van der Waals surface area contributed by atoms with Gasteiger partial charge in [0.15, 0.2) is 11.7 Å². The molecular weight excluding hydrogens is 220 g/mol. The van der Waals surface area contributed by atoms with E-state index in [4.69, 9.17) is 4.74 Å². The quantitative estimate of drug-likeness (QED) is 0.548. The average molecular weight is 234 g/mol. The maximum atomic E-state index is 12.2. The van der Waals surface area contributed by atoms with Crippen molar-refractivity contribution < 1.29 is 19.1 Å². The van der Waals surface area contributed by atoms with Crippen LogP contribution in [0.2, 0.25) is 0 Å². The molecule has 0 aromatic heterocycles. The number of Topliss-reactive ketones (excluding diaryl/α,β-unsaturated/α-hetero) is 1. The molecule has 0 aliphatic carbocycles. The fourth-order valence-corrected chi connectivity index (χ4v) is 2.10. The Kier molecular flexibility index (Phi) is 2.88. The lowest BCUT2D eigenvalue weighted by atomic mass is 9.91. The van der Waals surface area contributed by atoms with E-state index in [1.54, 1.807) is 0 Å². The molecule has 0 amide bonds. The molecule has 1 aliphatic heterocycles. The third kappa shape index (κ3) is 1.90. The highest BCUT2D eigenvalue weighted by atomic mass is 16.5. The van der Waals surface area contributed by atoms with E-state index in [-0.39, 0.29) is 12.4 Å². The first-order valence-electron chi connectivity index (χ1n) is 5.40. The van der Waals surface area contributed by atoms with Crippen molar-refractivity contribution in [2.24, 2.45) is 5.92 Å². The third-order valence-corrected chi connectivity index (χ3v) is 2.90. The van der Waals surface area contributed by atoms with E-state index in [0.717, 1.165) is 11.1 Å². The van der Waals surface area contributed by atoms with Crippen LogP contribution in [-0.2, 0) is 9.53 Å². The molecule has 4 heteroatoms. The van der Waals surface area contributed by atoms with E-state index in [1.165, 1.54) is 7.11 Å². The van der Waals surface area contributed by atoms with Gasteiger partial charge in [-0.2, -0.15) is 0 Å². The van der Waals surface area contributed by atoms with Gasteiger partial charge in [-0.1, -0.05) is 6.07 Å². The molecule has 0 radical (unpaired) electrons. The fourth-order valence-electron chi connectivity index (χ4n) is 2.10. The van der Waals surface area contributed by atoms with Crippen molar-refractivity contribution in [3.05, 3.63) is 28.8 Å². The number of carbonyl (C=O) groups excluding carboxylic acids is 2. The molecule has 1 heterocycles. The monoisotopic (exact) mass is 234 g/mol. The Bertz CT molecular complexity index is 490. The van der Waals surface area contributed by atoms with Gasteiger partial charge in [0.2, 0.25) is 0 Å². The molecule has 1 aliphatic rings. The molecule has 17 heavy (non-hydrogen) atoms. The molecular formula is C13H14O4. The maximum absolute atomic E-state index is 12.2. The number of ether oxygens (including phenoxy) is 2. The van der Waals surface area contributed by atoms with Crippen LogP contribution < -0.4 is 4.74 Å². The standard InChI is InChI=1S/C13H14O4/c1-7-4-8(2)11-10(5-7)17-6-9(12(11)14)13(15)16-3/h4-5,9H,6H2,1-3H3. The highest BCUT2D eigenvalue weighted by molar-refractivity contribution is 6.11. The van der Waals surface area contributed by atoms with E-state index < -0.39 is 11.9 Å². The van der Waals surface area contributed by atoms with Crippen molar-refractivity contribution in [2.75, 3.05) is 13.7 Å². The normalized spacial score (nSPS) is 18.3. The predicted octanol–water partition coefficient (Wildman–Crippen LogP) is 1.67. The molecule has 0 fully saturated rings. The number of rotatable bonds is 1. The lowest BCUT2D eigenvalue weighted by Gasteiger charge is -2.24. The number of carbonyl (C=O) groups is 2. The van der Waals surface area contributed by atoms with Gasteiger partial charge in [0.25, 0.3) is 0 Å². The molecule has 2 rings (SSSR count). The Hall–Kier alpha value is -1.84. The minimum atomic E-state index is -0.839. The average Bonchev–Trinajstić information content (AvgIpc) is 2.27. The molecule has 1 unspecified atom stereocenters. The summed E-state index contributed by atoms with van der Waals surface area (Å²) in [4.78, 5) is 23.6. The second-order valence-corrected chi connectivity index (χ2v) is 4.21. The number of hydrogen-bond donors (Lipinski definition) is 0. The lowest BCUT2D eigenvalue weighted by Crippen LogP contribution is -2.35. The van der Waals surface area contributed by atoms with Gasteiger partial charge in [0.1, 0.15) is 12.4 Å². The fraction of sp³-hybridized carbons (Fsp3) is 0.385. The number of hydrogen-bond acceptors (Lipinski definition) is 4. The van der Waals surface area contributed by atoms with Gasteiger partial charge in [0.05, 0.1) is 12.7 Å². The van der Waals surface area contributed by atoms with E-state index >= 15 is 0 Å². The first-order chi connectivity index (χ1) is 8.04. The summed E-state index contributed by atoms with van der Waals surface area (Å²) in [6.45, 7) is 3.83.